The van der Waals surface area contributed by atoms with Gasteiger partial charge in [0.2, 0.25) is 6.79 Å². The molecule has 2 amide bonds. The Morgan fingerprint density at radius 2 is 1.79 bits per heavy atom. The van der Waals surface area contributed by atoms with E-state index in [0.29, 0.717) is 22.8 Å². The predicted molar refractivity (Wildman–Crippen MR) is 119 cm³/mol. The molecule has 2 aliphatic rings. The Kier molecular flexibility index (Phi) is 6.16. The minimum Gasteiger partial charge on any atom is -0.454 e. The van der Waals surface area contributed by atoms with E-state index in [4.69, 9.17) is 14.0 Å². The Bertz CT molecular complexity index is 1190. The molecule has 1 N–H and O–H groups in total. The Hall–Kier alpha value is -3.88. The minimum atomic E-state index is -0.393. The average molecular weight is 465 g/mol. The number of carbonyl (C=O) groups is 2. The number of ether oxygens (including phenoxy) is 2. The number of hydrogen-bond acceptors (Lipinski definition) is 6. The van der Waals surface area contributed by atoms with Crippen molar-refractivity contribution in [3.05, 3.63) is 76.9 Å². The van der Waals surface area contributed by atoms with E-state index in [1.807, 2.05) is 12.1 Å². The molecule has 0 saturated heterocycles. The summed E-state index contributed by atoms with van der Waals surface area (Å²) in [6, 6.07) is 12.6. The van der Waals surface area contributed by atoms with E-state index in [1.54, 1.807) is 17.0 Å². The van der Waals surface area contributed by atoms with Crippen LogP contribution in [-0.2, 0) is 13.1 Å². The molecule has 0 spiro atoms. The maximum absolute atomic E-state index is 13.3. The van der Waals surface area contributed by atoms with Crippen molar-refractivity contribution in [1.29, 1.82) is 0 Å². The topological polar surface area (TPSA) is 93.9 Å². The molecule has 2 heterocycles. The number of benzene rings is 2. The monoisotopic (exact) mass is 465 g/mol. The maximum Gasteiger partial charge on any atom is 0.273 e. The van der Waals surface area contributed by atoms with Crippen LogP contribution in [0.2, 0.25) is 0 Å². The van der Waals surface area contributed by atoms with Crippen molar-refractivity contribution in [2.24, 2.45) is 0 Å². The van der Waals surface area contributed by atoms with Crippen LogP contribution >= 0.6 is 0 Å². The van der Waals surface area contributed by atoms with Gasteiger partial charge in [0.1, 0.15) is 5.82 Å². The molecule has 0 bridgehead atoms. The third kappa shape index (κ3) is 4.73. The number of amides is 2. The molecule has 1 aliphatic heterocycles. The van der Waals surface area contributed by atoms with Crippen LogP contribution < -0.4 is 14.8 Å². The van der Waals surface area contributed by atoms with Gasteiger partial charge >= 0.3 is 0 Å². The lowest BCUT2D eigenvalue weighted by atomic mass is 10.1. The standard InChI is InChI=1S/C25H24FN3O5/c26-18-8-6-17(7-9-18)25(31)29(19-3-1-2-4-19)14-20-12-21(28-34-20)24(30)27-13-16-5-10-22-23(11-16)33-15-32-22/h5-12,19H,1-4,13-15H2,(H,27,30). The van der Waals surface area contributed by atoms with E-state index in [1.165, 1.54) is 24.3 Å². The largest absolute Gasteiger partial charge is 0.454 e. The van der Waals surface area contributed by atoms with Crippen LogP contribution in [0.25, 0.3) is 0 Å². The van der Waals surface area contributed by atoms with Crippen molar-refractivity contribution in [2.75, 3.05) is 6.79 Å². The first kappa shape index (κ1) is 21.9. The van der Waals surface area contributed by atoms with E-state index in [0.717, 1.165) is 31.2 Å². The van der Waals surface area contributed by atoms with Crippen molar-refractivity contribution in [2.45, 2.75) is 44.8 Å². The van der Waals surface area contributed by atoms with Crippen LogP contribution in [0.5, 0.6) is 11.5 Å². The Morgan fingerprint density at radius 3 is 2.59 bits per heavy atom. The summed E-state index contributed by atoms with van der Waals surface area (Å²) >= 11 is 0. The van der Waals surface area contributed by atoms with Crippen LogP contribution in [-0.4, -0.2) is 34.7 Å². The second-order valence-electron chi connectivity index (χ2n) is 8.43. The lowest BCUT2D eigenvalue weighted by molar-refractivity contribution is 0.0643. The number of aromatic nitrogens is 1. The van der Waals surface area contributed by atoms with Gasteiger partial charge in [0.25, 0.3) is 11.8 Å². The van der Waals surface area contributed by atoms with E-state index in [9.17, 15) is 14.0 Å². The van der Waals surface area contributed by atoms with Crippen LogP contribution in [0, 0.1) is 5.82 Å². The minimum absolute atomic E-state index is 0.0611. The number of fused-ring (bicyclic) bond motifs is 1. The fourth-order valence-electron chi connectivity index (χ4n) is 4.33. The van der Waals surface area contributed by atoms with Gasteiger partial charge in [-0.2, -0.15) is 0 Å². The first-order chi connectivity index (χ1) is 16.6. The molecule has 9 heteroatoms. The smallest absolute Gasteiger partial charge is 0.273 e. The highest BCUT2D eigenvalue weighted by molar-refractivity contribution is 5.94. The second kappa shape index (κ2) is 9.54. The molecule has 8 nitrogen and oxygen atoms in total. The van der Waals surface area contributed by atoms with Gasteiger partial charge in [-0.05, 0) is 54.8 Å². The maximum atomic E-state index is 13.3. The van der Waals surface area contributed by atoms with Crippen molar-refractivity contribution < 1.29 is 28.0 Å². The molecule has 0 atom stereocenters. The van der Waals surface area contributed by atoms with Crippen LogP contribution in [0.1, 0.15) is 57.9 Å². The molecule has 1 fully saturated rings. The van der Waals surface area contributed by atoms with Gasteiger partial charge in [-0.3, -0.25) is 9.59 Å². The molecule has 2 aromatic carbocycles. The van der Waals surface area contributed by atoms with Gasteiger partial charge in [-0.15, -0.1) is 0 Å². The number of nitrogens with one attached hydrogen (secondary N) is 1. The molecular formula is C25H24FN3O5. The number of rotatable bonds is 7. The third-order valence-electron chi connectivity index (χ3n) is 6.13. The molecule has 1 aliphatic carbocycles. The SMILES string of the molecule is O=C(NCc1ccc2c(c1)OCO2)c1cc(CN(C(=O)c2ccc(F)cc2)C2CCCC2)on1. The summed E-state index contributed by atoms with van der Waals surface area (Å²) in [5.74, 6) is 0.764. The summed E-state index contributed by atoms with van der Waals surface area (Å²) < 4.78 is 29.4. The Morgan fingerprint density at radius 1 is 1.03 bits per heavy atom. The molecule has 0 radical (unpaired) electrons. The van der Waals surface area contributed by atoms with Crippen molar-refractivity contribution in [1.82, 2.24) is 15.4 Å². The highest BCUT2D eigenvalue weighted by atomic mass is 19.1. The number of carbonyl (C=O) groups excluding carboxylic acids is 2. The van der Waals surface area contributed by atoms with E-state index >= 15 is 0 Å². The fourth-order valence-corrected chi connectivity index (χ4v) is 4.33. The molecular weight excluding hydrogens is 441 g/mol. The van der Waals surface area contributed by atoms with Gasteiger partial charge in [-0.1, -0.05) is 24.1 Å². The fraction of sp³-hybridized carbons (Fsp3) is 0.320. The number of halogens is 1. The van der Waals surface area contributed by atoms with E-state index < -0.39 is 5.82 Å². The van der Waals surface area contributed by atoms with E-state index in [2.05, 4.69) is 10.5 Å². The first-order valence-electron chi connectivity index (χ1n) is 11.3. The quantitative estimate of drug-likeness (QED) is 0.566. The predicted octanol–water partition coefficient (Wildman–Crippen LogP) is 4.06. The highest BCUT2D eigenvalue weighted by Crippen LogP contribution is 2.32. The molecule has 1 aromatic heterocycles. The zero-order chi connectivity index (χ0) is 23.5. The van der Waals surface area contributed by atoms with Crippen LogP contribution in [0.15, 0.2) is 53.1 Å². The molecule has 5 rings (SSSR count). The first-order valence-corrected chi connectivity index (χ1v) is 11.3. The summed E-state index contributed by atoms with van der Waals surface area (Å²) in [7, 11) is 0. The summed E-state index contributed by atoms with van der Waals surface area (Å²) in [6.45, 7) is 0.659. The van der Waals surface area contributed by atoms with E-state index in [-0.39, 0.29) is 43.4 Å². The van der Waals surface area contributed by atoms with Crippen LogP contribution in [0.3, 0.4) is 0 Å². The van der Waals surface area contributed by atoms with Gasteiger partial charge in [-0.25, -0.2) is 4.39 Å². The van der Waals surface area contributed by atoms with Crippen molar-refractivity contribution in [3.8, 4) is 11.5 Å². The highest BCUT2D eigenvalue weighted by Gasteiger charge is 2.29. The van der Waals surface area contributed by atoms with Gasteiger partial charge < -0.3 is 24.2 Å². The number of hydrogen-bond donors (Lipinski definition) is 1. The second-order valence-corrected chi connectivity index (χ2v) is 8.43. The Labute approximate surface area is 195 Å². The lowest BCUT2D eigenvalue weighted by Crippen LogP contribution is -2.38. The zero-order valence-corrected chi connectivity index (χ0v) is 18.5. The van der Waals surface area contributed by atoms with Gasteiger partial charge in [0, 0.05) is 24.2 Å². The molecule has 176 valence electrons. The van der Waals surface area contributed by atoms with Crippen LogP contribution in [0.4, 0.5) is 4.39 Å². The summed E-state index contributed by atoms with van der Waals surface area (Å²) in [5.41, 5.74) is 1.41. The zero-order valence-electron chi connectivity index (χ0n) is 18.5. The average Bonchev–Trinajstić information content (AvgIpc) is 3.62. The van der Waals surface area contributed by atoms with Gasteiger partial charge in [0.05, 0.1) is 6.54 Å². The molecule has 34 heavy (non-hydrogen) atoms. The molecule has 1 saturated carbocycles. The Balaban J connectivity index is 1.25. The van der Waals surface area contributed by atoms with Crippen molar-refractivity contribution >= 4 is 11.8 Å². The molecule has 0 unspecified atom stereocenters. The normalized spacial score (nSPS) is 14.9. The summed E-state index contributed by atoms with van der Waals surface area (Å²) in [5, 5.41) is 6.70. The number of nitrogens with zero attached hydrogens (tertiary/aromatic N) is 2. The molecule has 3 aromatic rings. The van der Waals surface area contributed by atoms with Crippen molar-refractivity contribution in [3.63, 3.8) is 0 Å². The third-order valence-corrected chi connectivity index (χ3v) is 6.13. The summed E-state index contributed by atoms with van der Waals surface area (Å²) in [4.78, 5) is 27.5. The summed E-state index contributed by atoms with van der Waals surface area (Å²) in [6.07, 6.45) is 3.87. The van der Waals surface area contributed by atoms with Gasteiger partial charge in [0.15, 0.2) is 23.0 Å². The lowest BCUT2D eigenvalue weighted by Gasteiger charge is -2.28.